The molecule has 0 aliphatic carbocycles. The molecule has 7 nitrogen and oxygen atoms in total. The largest absolute Gasteiger partial charge is 0.493 e. The van der Waals surface area contributed by atoms with Gasteiger partial charge in [0.1, 0.15) is 0 Å². The molecule has 0 aromatic heterocycles. The summed E-state index contributed by atoms with van der Waals surface area (Å²) in [6.45, 7) is 2.01. The second-order valence-electron chi connectivity index (χ2n) is 7.99. The summed E-state index contributed by atoms with van der Waals surface area (Å²) in [5, 5.41) is 2.46. The number of carbonyl (C=O) groups excluding carboxylic acids is 3. The van der Waals surface area contributed by atoms with Gasteiger partial charge in [-0.3, -0.25) is 19.3 Å². The molecule has 184 valence electrons. The molecule has 0 bridgehead atoms. The smallest absolute Gasteiger partial charge is 0.293 e. The van der Waals surface area contributed by atoms with Crippen molar-refractivity contribution in [2.24, 2.45) is 0 Å². The first-order chi connectivity index (χ1) is 17.3. The van der Waals surface area contributed by atoms with Crippen LogP contribution in [0.4, 0.5) is 10.5 Å². The van der Waals surface area contributed by atoms with E-state index in [1.54, 1.807) is 24.3 Å². The highest BCUT2D eigenvalue weighted by Crippen LogP contribution is 2.37. The number of anilines is 1. The Morgan fingerprint density at radius 1 is 1.08 bits per heavy atom. The van der Waals surface area contributed by atoms with Crippen molar-refractivity contribution in [3.63, 3.8) is 0 Å². The van der Waals surface area contributed by atoms with Crippen LogP contribution in [-0.2, 0) is 16.1 Å². The highest BCUT2D eigenvalue weighted by Gasteiger charge is 2.35. The summed E-state index contributed by atoms with van der Waals surface area (Å²) < 4.78 is 11.9. The third kappa shape index (κ3) is 6.27. The summed E-state index contributed by atoms with van der Waals surface area (Å²) in [6, 6.07) is 20.4. The lowest BCUT2D eigenvalue weighted by molar-refractivity contribution is -0.123. The molecule has 0 unspecified atom stereocenters. The van der Waals surface area contributed by atoms with E-state index in [1.807, 2.05) is 55.5 Å². The zero-order valence-electron chi connectivity index (χ0n) is 19.6. The molecule has 0 radical (unpaired) electrons. The van der Waals surface area contributed by atoms with Crippen molar-refractivity contribution in [1.82, 2.24) is 4.90 Å². The maximum absolute atomic E-state index is 12.9. The van der Waals surface area contributed by atoms with Gasteiger partial charge in [0, 0.05) is 5.69 Å². The van der Waals surface area contributed by atoms with E-state index in [1.165, 1.54) is 12.0 Å². The number of hydrogen-bond acceptors (Lipinski definition) is 6. The van der Waals surface area contributed by atoms with Crippen LogP contribution in [0.5, 0.6) is 11.5 Å². The van der Waals surface area contributed by atoms with E-state index in [9.17, 15) is 14.4 Å². The van der Waals surface area contributed by atoms with E-state index in [-0.39, 0.29) is 30.2 Å². The van der Waals surface area contributed by atoms with Gasteiger partial charge in [0.25, 0.3) is 17.1 Å². The minimum atomic E-state index is -0.336. The van der Waals surface area contributed by atoms with Gasteiger partial charge in [0.05, 0.1) is 22.1 Å². The normalized spacial score (nSPS) is 14.3. The Morgan fingerprint density at radius 2 is 1.81 bits per heavy atom. The molecule has 3 aromatic rings. The number of rotatable bonds is 8. The number of imide groups is 1. The Balaban J connectivity index is 1.46. The molecule has 1 saturated heterocycles. The fourth-order valence-corrected chi connectivity index (χ4v) is 5.10. The fourth-order valence-electron chi connectivity index (χ4n) is 3.48. The fraction of sp³-hybridized carbons (Fsp3) is 0.148. The first-order valence-electron chi connectivity index (χ1n) is 11.0. The summed E-state index contributed by atoms with van der Waals surface area (Å²) in [5.41, 5.74) is 3.36. The maximum atomic E-state index is 12.9. The van der Waals surface area contributed by atoms with Gasteiger partial charge in [-0.1, -0.05) is 48.0 Å². The van der Waals surface area contributed by atoms with Gasteiger partial charge >= 0.3 is 0 Å². The summed E-state index contributed by atoms with van der Waals surface area (Å²) in [4.78, 5) is 39.3. The molecule has 0 atom stereocenters. The van der Waals surface area contributed by atoms with Gasteiger partial charge in [-0.25, -0.2) is 0 Å². The van der Waals surface area contributed by atoms with Gasteiger partial charge in [0.15, 0.2) is 18.1 Å². The predicted octanol–water partition coefficient (Wildman–Crippen LogP) is 5.86. The van der Waals surface area contributed by atoms with Gasteiger partial charge < -0.3 is 14.8 Å². The lowest BCUT2D eigenvalue weighted by atomic mass is 10.1. The van der Waals surface area contributed by atoms with E-state index in [0.717, 1.165) is 22.9 Å². The number of benzene rings is 3. The number of nitrogens with one attached hydrogen (secondary N) is 1. The van der Waals surface area contributed by atoms with Crippen molar-refractivity contribution in [2.75, 3.05) is 19.0 Å². The molecule has 3 amide bonds. The van der Waals surface area contributed by atoms with Crippen molar-refractivity contribution < 1.29 is 23.9 Å². The van der Waals surface area contributed by atoms with Crippen LogP contribution in [0.25, 0.3) is 6.08 Å². The predicted molar refractivity (Wildman–Crippen MR) is 149 cm³/mol. The number of para-hydroxylation sites is 1. The Morgan fingerprint density at radius 3 is 2.50 bits per heavy atom. The molecule has 4 rings (SSSR count). The number of hydrogen-bond donors (Lipinski definition) is 1. The number of halogens is 1. The molecule has 3 aromatic carbocycles. The van der Waals surface area contributed by atoms with Crippen molar-refractivity contribution in [3.05, 3.63) is 91.9 Å². The Bertz CT molecular complexity index is 1330. The number of aryl methyl sites for hydroxylation is 1. The number of amides is 3. The quantitative estimate of drug-likeness (QED) is 0.253. The summed E-state index contributed by atoms with van der Waals surface area (Å²) >= 11 is 3.00. The number of nitrogens with zero attached hydrogens (tertiary/aromatic N) is 1. The van der Waals surface area contributed by atoms with Crippen molar-refractivity contribution in [1.29, 1.82) is 0 Å². The zero-order chi connectivity index (χ0) is 25.7. The molecular formula is C27H23IN2O5S. The standard InChI is InChI=1S/C27H23IN2O5S/c1-17-8-10-18(11-9-17)15-30-26(32)23(36-27(30)33)14-19-12-21(28)25(22(13-19)34-2)35-16-24(31)29-20-6-4-3-5-7-20/h3-14H,15-16H2,1-2H3,(H,29,31)/b23-14-. The van der Waals surface area contributed by atoms with Gasteiger partial charge in [-0.15, -0.1) is 0 Å². The van der Waals surface area contributed by atoms with Crippen LogP contribution in [0.1, 0.15) is 16.7 Å². The van der Waals surface area contributed by atoms with Crippen molar-refractivity contribution in [2.45, 2.75) is 13.5 Å². The molecular weight excluding hydrogens is 591 g/mol. The number of ether oxygens (including phenoxy) is 2. The highest BCUT2D eigenvalue weighted by molar-refractivity contribution is 14.1. The van der Waals surface area contributed by atoms with Crippen LogP contribution in [0, 0.1) is 10.5 Å². The van der Waals surface area contributed by atoms with Gasteiger partial charge in [-0.05, 0) is 82.7 Å². The summed E-state index contributed by atoms with van der Waals surface area (Å²) in [6.07, 6.45) is 1.66. The minimum absolute atomic E-state index is 0.196. The molecule has 1 heterocycles. The SMILES string of the molecule is COc1cc(/C=C2\SC(=O)N(Cc3ccc(C)cc3)C2=O)cc(I)c1OCC(=O)Nc1ccccc1. The van der Waals surface area contributed by atoms with E-state index in [2.05, 4.69) is 27.9 Å². The second-order valence-corrected chi connectivity index (χ2v) is 10.1. The third-order valence-corrected chi connectivity index (χ3v) is 7.00. The molecule has 9 heteroatoms. The van der Waals surface area contributed by atoms with Crippen LogP contribution in [-0.4, -0.2) is 35.7 Å². The van der Waals surface area contributed by atoms with Crippen LogP contribution >= 0.6 is 34.4 Å². The summed E-state index contributed by atoms with van der Waals surface area (Å²) in [7, 11) is 1.50. The van der Waals surface area contributed by atoms with Crippen LogP contribution in [0.15, 0.2) is 71.6 Å². The Labute approximate surface area is 227 Å². The number of carbonyl (C=O) groups is 3. The van der Waals surface area contributed by atoms with Crippen LogP contribution < -0.4 is 14.8 Å². The molecule has 0 saturated carbocycles. The molecule has 1 aliphatic heterocycles. The van der Waals surface area contributed by atoms with Crippen molar-refractivity contribution in [3.8, 4) is 11.5 Å². The average molecular weight is 614 g/mol. The second kappa shape index (κ2) is 11.6. The Hall–Kier alpha value is -3.31. The molecule has 1 aliphatic rings. The molecule has 36 heavy (non-hydrogen) atoms. The van der Waals surface area contributed by atoms with Crippen LogP contribution in [0.3, 0.4) is 0 Å². The lowest BCUT2D eigenvalue weighted by Crippen LogP contribution is -2.27. The third-order valence-electron chi connectivity index (χ3n) is 5.29. The van der Waals surface area contributed by atoms with Gasteiger partial charge in [0.2, 0.25) is 0 Å². The van der Waals surface area contributed by atoms with E-state index in [0.29, 0.717) is 31.2 Å². The maximum Gasteiger partial charge on any atom is 0.293 e. The zero-order valence-corrected chi connectivity index (χ0v) is 22.6. The molecule has 1 N–H and O–H groups in total. The summed E-state index contributed by atoms with van der Waals surface area (Å²) in [5.74, 6) is 0.202. The average Bonchev–Trinajstić information content (AvgIpc) is 3.12. The minimum Gasteiger partial charge on any atom is -0.493 e. The van der Waals surface area contributed by atoms with E-state index >= 15 is 0 Å². The Kier molecular flexibility index (Phi) is 8.32. The van der Waals surface area contributed by atoms with Crippen LogP contribution in [0.2, 0.25) is 0 Å². The highest BCUT2D eigenvalue weighted by atomic mass is 127. The first kappa shape index (κ1) is 25.8. The monoisotopic (exact) mass is 614 g/mol. The molecule has 1 fully saturated rings. The van der Waals surface area contributed by atoms with Gasteiger partial charge in [-0.2, -0.15) is 0 Å². The molecule has 0 spiro atoms. The van der Waals surface area contributed by atoms with E-state index < -0.39 is 0 Å². The number of methoxy groups -OCH3 is 1. The number of thioether (sulfide) groups is 1. The first-order valence-corrected chi connectivity index (χ1v) is 12.9. The van der Waals surface area contributed by atoms with Crippen molar-refractivity contribution >= 4 is 63.2 Å². The lowest BCUT2D eigenvalue weighted by Gasteiger charge is -2.14. The topological polar surface area (TPSA) is 84.9 Å². The van der Waals surface area contributed by atoms with E-state index in [4.69, 9.17) is 9.47 Å².